The summed E-state index contributed by atoms with van der Waals surface area (Å²) in [4.78, 5) is 48.1. The number of anilines is 2. The van der Waals surface area contributed by atoms with Gasteiger partial charge in [0.05, 0.1) is 23.3 Å². The van der Waals surface area contributed by atoms with Crippen molar-refractivity contribution in [1.29, 1.82) is 10.5 Å². The number of rotatable bonds is 9. The lowest BCUT2D eigenvalue weighted by Crippen LogP contribution is -2.50. The molecule has 2 amide bonds. The molecule has 2 aromatic carbocycles. The maximum absolute atomic E-state index is 14.9. The number of benzene rings is 2. The molecule has 2 heterocycles. The summed E-state index contributed by atoms with van der Waals surface area (Å²) in [6.45, 7) is 0. The van der Waals surface area contributed by atoms with Crippen LogP contribution in [-0.2, 0) is 14.4 Å². The molecule has 1 saturated heterocycles. The zero-order valence-electron chi connectivity index (χ0n) is 23.2. The van der Waals surface area contributed by atoms with Crippen molar-refractivity contribution in [2.24, 2.45) is 5.92 Å². The number of halogens is 4. The van der Waals surface area contributed by atoms with Gasteiger partial charge in [-0.15, -0.1) is 0 Å². The number of carbonyl (C=O) groups is 3. The van der Waals surface area contributed by atoms with Gasteiger partial charge >= 0.3 is 0 Å². The predicted octanol–water partition coefficient (Wildman–Crippen LogP) is 6.28. The smallest absolute Gasteiger partial charge is 0.251 e. The molecule has 2 atom stereocenters. The average Bonchev–Trinajstić information content (AvgIpc) is 3.38. The fourth-order valence-electron chi connectivity index (χ4n) is 5.79. The molecule has 0 spiro atoms. The van der Waals surface area contributed by atoms with Crippen LogP contribution in [0.1, 0.15) is 61.3 Å². The molecular formula is C32H25ClF3N5O3. The molecule has 224 valence electrons. The van der Waals surface area contributed by atoms with Gasteiger partial charge in [0.15, 0.2) is 5.78 Å². The van der Waals surface area contributed by atoms with Gasteiger partial charge in [-0.1, -0.05) is 29.8 Å². The standard InChI is InChI=1S/C32H25ClF3N5O3/c33-25-4-2-1-3-24(25)30(27(42)7-5-20-15-32(35,36)16-20)40(23-12-21(18-38)11-22(34)14-23)31(44)26-6-8-29(43)41(26)28-13-19(17-37)9-10-39-28/h1-4,9-14,20,26,30H,5-8,15-16H2/t26-,30-/m0/s1. The van der Waals surface area contributed by atoms with Crippen LogP contribution in [-0.4, -0.2) is 34.5 Å². The second-order valence-corrected chi connectivity index (χ2v) is 11.3. The normalized spacial score (nSPS) is 18.2. The van der Waals surface area contributed by atoms with E-state index in [1.807, 2.05) is 12.1 Å². The summed E-state index contributed by atoms with van der Waals surface area (Å²) in [7, 11) is 0. The SMILES string of the molecule is N#Cc1cc(F)cc(N(C(=O)[C@@H]2CCC(=O)N2c2cc(C#N)ccn2)[C@H](C(=O)CCC2CC(F)(F)C2)c2ccccc2Cl)c1. The Hall–Kier alpha value is -4.74. The molecule has 5 rings (SSSR count). The lowest BCUT2D eigenvalue weighted by Gasteiger charge is -2.37. The molecule has 1 saturated carbocycles. The number of ketones is 1. The number of hydrogen-bond donors (Lipinski definition) is 0. The van der Waals surface area contributed by atoms with E-state index in [2.05, 4.69) is 4.98 Å². The van der Waals surface area contributed by atoms with Crippen molar-refractivity contribution in [2.75, 3.05) is 9.80 Å². The van der Waals surface area contributed by atoms with Crippen molar-refractivity contribution in [3.05, 3.63) is 88.3 Å². The van der Waals surface area contributed by atoms with Gasteiger partial charge in [-0.25, -0.2) is 18.2 Å². The Morgan fingerprint density at radius 1 is 1.09 bits per heavy atom. The van der Waals surface area contributed by atoms with Gasteiger partial charge in [0.1, 0.15) is 23.7 Å². The molecular weight excluding hydrogens is 595 g/mol. The van der Waals surface area contributed by atoms with E-state index < -0.39 is 41.4 Å². The highest BCUT2D eigenvalue weighted by Gasteiger charge is 2.47. The molecule has 0 bridgehead atoms. The van der Waals surface area contributed by atoms with Crippen LogP contribution in [0.15, 0.2) is 60.8 Å². The van der Waals surface area contributed by atoms with Crippen molar-refractivity contribution in [1.82, 2.24) is 4.98 Å². The van der Waals surface area contributed by atoms with E-state index in [1.54, 1.807) is 12.1 Å². The van der Waals surface area contributed by atoms with Crippen molar-refractivity contribution in [3.63, 3.8) is 0 Å². The molecule has 0 unspecified atom stereocenters. The second-order valence-electron chi connectivity index (χ2n) is 10.9. The van der Waals surface area contributed by atoms with Gasteiger partial charge in [0.2, 0.25) is 11.8 Å². The summed E-state index contributed by atoms with van der Waals surface area (Å²) >= 11 is 6.55. The van der Waals surface area contributed by atoms with E-state index in [1.165, 1.54) is 36.5 Å². The number of Topliss-reactive ketones (excluding diaryl/α,β-unsaturated/α-hetero) is 1. The number of amides is 2. The van der Waals surface area contributed by atoms with Gasteiger partial charge in [0.25, 0.3) is 5.91 Å². The predicted molar refractivity (Wildman–Crippen MR) is 154 cm³/mol. The van der Waals surface area contributed by atoms with E-state index in [9.17, 15) is 38.1 Å². The van der Waals surface area contributed by atoms with Gasteiger partial charge in [-0.05, 0) is 55.2 Å². The molecule has 1 aromatic heterocycles. The number of aromatic nitrogens is 1. The summed E-state index contributed by atoms with van der Waals surface area (Å²) in [6, 6.07) is 13.4. The van der Waals surface area contributed by atoms with E-state index in [4.69, 9.17) is 11.6 Å². The molecule has 2 fully saturated rings. The minimum atomic E-state index is -2.78. The van der Waals surface area contributed by atoms with Gasteiger partial charge in [0, 0.05) is 48.2 Å². The number of nitrogens with zero attached hydrogens (tertiary/aromatic N) is 5. The molecule has 1 aliphatic carbocycles. The molecule has 2 aliphatic rings. The Balaban J connectivity index is 1.62. The molecule has 3 aromatic rings. The quantitative estimate of drug-likeness (QED) is 0.278. The van der Waals surface area contributed by atoms with Gasteiger partial charge in [-0.2, -0.15) is 10.5 Å². The fourth-order valence-corrected chi connectivity index (χ4v) is 6.03. The van der Waals surface area contributed by atoms with Crippen LogP contribution in [0.25, 0.3) is 0 Å². The molecule has 44 heavy (non-hydrogen) atoms. The summed E-state index contributed by atoms with van der Waals surface area (Å²) in [5.41, 5.74) is 0.155. The summed E-state index contributed by atoms with van der Waals surface area (Å²) in [5.74, 6) is -5.72. The van der Waals surface area contributed by atoms with Crippen molar-refractivity contribution >= 4 is 40.7 Å². The first kappa shape index (κ1) is 30.7. The van der Waals surface area contributed by atoms with Gasteiger partial charge < -0.3 is 0 Å². The van der Waals surface area contributed by atoms with Crippen LogP contribution in [0.2, 0.25) is 5.02 Å². The minimum Gasteiger partial charge on any atom is -0.297 e. The van der Waals surface area contributed by atoms with Crippen LogP contribution >= 0.6 is 11.6 Å². The Morgan fingerprint density at radius 2 is 1.82 bits per heavy atom. The summed E-state index contributed by atoms with van der Waals surface area (Å²) in [6.07, 6.45) is 0.572. The number of carbonyl (C=O) groups excluding carboxylic acids is 3. The summed E-state index contributed by atoms with van der Waals surface area (Å²) < 4.78 is 41.9. The zero-order chi connectivity index (χ0) is 31.6. The zero-order valence-corrected chi connectivity index (χ0v) is 24.0. The van der Waals surface area contributed by atoms with Crippen molar-refractivity contribution in [2.45, 2.75) is 56.5 Å². The lowest BCUT2D eigenvalue weighted by atomic mass is 9.77. The van der Waals surface area contributed by atoms with E-state index >= 15 is 0 Å². The Labute approximate surface area is 256 Å². The highest BCUT2D eigenvalue weighted by Crippen LogP contribution is 2.45. The number of pyridine rings is 1. The second kappa shape index (κ2) is 12.5. The number of alkyl halides is 2. The molecule has 0 radical (unpaired) electrons. The highest BCUT2D eigenvalue weighted by molar-refractivity contribution is 6.31. The number of nitriles is 2. The van der Waals surface area contributed by atoms with Crippen molar-refractivity contribution < 1.29 is 27.6 Å². The van der Waals surface area contributed by atoms with Crippen LogP contribution in [0.5, 0.6) is 0 Å². The Morgan fingerprint density at radius 3 is 2.50 bits per heavy atom. The minimum absolute atomic E-state index is 0.0215. The maximum atomic E-state index is 14.9. The third-order valence-electron chi connectivity index (χ3n) is 7.88. The van der Waals surface area contributed by atoms with Crippen molar-refractivity contribution in [3.8, 4) is 12.1 Å². The fraction of sp³-hybridized carbons (Fsp3) is 0.312. The molecule has 0 N–H and O–H groups in total. The molecule has 12 heteroatoms. The average molecular weight is 620 g/mol. The van der Waals surface area contributed by atoms with E-state index in [0.29, 0.717) is 0 Å². The third kappa shape index (κ3) is 6.29. The van der Waals surface area contributed by atoms with Crippen LogP contribution in [0, 0.1) is 34.4 Å². The third-order valence-corrected chi connectivity index (χ3v) is 8.23. The Bertz CT molecular complexity index is 1710. The van der Waals surface area contributed by atoms with Crippen LogP contribution in [0.4, 0.5) is 24.7 Å². The first-order valence-electron chi connectivity index (χ1n) is 13.9. The Kier molecular flexibility index (Phi) is 8.70. The van der Waals surface area contributed by atoms with E-state index in [0.717, 1.165) is 21.9 Å². The van der Waals surface area contributed by atoms with Gasteiger partial charge in [-0.3, -0.25) is 24.2 Å². The van der Waals surface area contributed by atoms with E-state index in [-0.39, 0.29) is 77.7 Å². The molecule has 8 nitrogen and oxygen atoms in total. The topological polar surface area (TPSA) is 118 Å². The number of hydrogen-bond acceptors (Lipinski definition) is 6. The first-order valence-corrected chi connectivity index (χ1v) is 14.3. The summed E-state index contributed by atoms with van der Waals surface area (Å²) in [5, 5.41) is 19.1. The maximum Gasteiger partial charge on any atom is 0.251 e. The monoisotopic (exact) mass is 619 g/mol. The largest absolute Gasteiger partial charge is 0.297 e. The van der Waals surface area contributed by atoms with Crippen LogP contribution < -0.4 is 9.80 Å². The lowest BCUT2D eigenvalue weighted by molar-refractivity contribution is -0.129. The first-order chi connectivity index (χ1) is 21.0. The highest BCUT2D eigenvalue weighted by atomic mass is 35.5. The van der Waals surface area contributed by atoms with Crippen LogP contribution in [0.3, 0.4) is 0 Å². The molecule has 1 aliphatic heterocycles.